The van der Waals surface area contributed by atoms with Gasteiger partial charge < -0.3 is 5.32 Å². The molecule has 2 heterocycles. The Bertz CT molecular complexity index is 980. The summed E-state index contributed by atoms with van der Waals surface area (Å²) in [6.07, 6.45) is 4.48. The number of nitrogens with zero attached hydrogens (tertiary/aromatic N) is 4. The monoisotopic (exact) mass is 387 g/mol. The van der Waals surface area contributed by atoms with Crippen LogP contribution in [0, 0.1) is 0 Å². The quantitative estimate of drug-likeness (QED) is 0.676. The first-order valence-electron chi connectivity index (χ1n) is 8.45. The summed E-state index contributed by atoms with van der Waals surface area (Å²) in [5, 5.41) is 15.5. The van der Waals surface area contributed by atoms with Crippen LogP contribution in [0.1, 0.15) is 25.7 Å². The lowest BCUT2D eigenvalue weighted by molar-refractivity contribution is -0.119. The second kappa shape index (κ2) is 7.55. The minimum absolute atomic E-state index is 0.00422. The zero-order valence-corrected chi connectivity index (χ0v) is 15.6. The molecular formula is C17H17N5O2S2. The topological polar surface area (TPSA) is 89.3 Å². The summed E-state index contributed by atoms with van der Waals surface area (Å²) < 4.78 is 1.89. The fourth-order valence-electron chi connectivity index (χ4n) is 3.00. The van der Waals surface area contributed by atoms with Crippen LogP contribution in [0.3, 0.4) is 0 Å². The molecule has 1 N–H and O–H groups in total. The van der Waals surface area contributed by atoms with Gasteiger partial charge >= 0.3 is 5.56 Å². The smallest absolute Gasteiger partial charge is 0.302 e. The highest BCUT2D eigenvalue weighted by Gasteiger charge is 2.18. The zero-order chi connectivity index (χ0) is 17.9. The molecule has 1 saturated carbocycles. The van der Waals surface area contributed by atoms with Crippen LogP contribution in [-0.2, 0) is 4.79 Å². The fraction of sp³-hybridized carbons (Fsp3) is 0.353. The molecule has 0 saturated heterocycles. The number of aromatic nitrogens is 4. The molecule has 0 spiro atoms. The summed E-state index contributed by atoms with van der Waals surface area (Å²) in [5.41, 5.74) is 0.668. The van der Waals surface area contributed by atoms with Crippen molar-refractivity contribution in [2.75, 3.05) is 5.75 Å². The largest absolute Gasteiger partial charge is 0.353 e. The molecule has 1 aromatic carbocycles. The minimum atomic E-state index is -0.306. The molecule has 26 heavy (non-hydrogen) atoms. The fourth-order valence-corrected chi connectivity index (χ4v) is 4.68. The molecule has 7 nitrogen and oxygen atoms in total. The molecule has 0 aliphatic heterocycles. The van der Waals surface area contributed by atoms with Crippen molar-refractivity contribution in [1.29, 1.82) is 0 Å². The van der Waals surface area contributed by atoms with Gasteiger partial charge in [0.05, 0.1) is 5.75 Å². The number of amides is 1. The SMILES string of the molecule is O=C(CSc1nn2c(=O)c(-c3ccccc3)nnc2s1)NC1CCCC1. The molecule has 0 radical (unpaired) electrons. The van der Waals surface area contributed by atoms with Crippen molar-refractivity contribution in [3.05, 3.63) is 40.7 Å². The van der Waals surface area contributed by atoms with Crippen LogP contribution in [0.4, 0.5) is 0 Å². The van der Waals surface area contributed by atoms with E-state index in [4.69, 9.17) is 0 Å². The van der Waals surface area contributed by atoms with Crippen LogP contribution in [0.25, 0.3) is 16.2 Å². The maximum Gasteiger partial charge on any atom is 0.302 e. The average molecular weight is 387 g/mol. The lowest BCUT2D eigenvalue weighted by Gasteiger charge is -2.10. The van der Waals surface area contributed by atoms with Gasteiger partial charge in [-0.15, -0.1) is 15.3 Å². The standard InChI is InChI=1S/C17H17N5O2S2/c23-13(18-12-8-4-5-9-12)10-25-17-21-22-15(24)14(19-20-16(22)26-17)11-6-2-1-3-7-11/h1-3,6-7,12H,4-5,8-10H2,(H,18,23). The minimum Gasteiger partial charge on any atom is -0.353 e. The van der Waals surface area contributed by atoms with Crippen molar-refractivity contribution in [3.63, 3.8) is 0 Å². The molecule has 1 aliphatic rings. The molecule has 0 unspecified atom stereocenters. The van der Waals surface area contributed by atoms with Gasteiger partial charge in [0.1, 0.15) is 0 Å². The van der Waals surface area contributed by atoms with E-state index in [0.717, 1.165) is 12.8 Å². The normalized spacial score (nSPS) is 14.8. The highest BCUT2D eigenvalue weighted by Crippen LogP contribution is 2.24. The van der Waals surface area contributed by atoms with Crippen LogP contribution < -0.4 is 10.9 Å². The Kier molecular flexibility index (Phi) is 4.98. The molecule has 0 bridgehead atoms. The summed E-state index contributed by atoms with van der Waals surface area (Å²) in [6.45, 7) is 0. The lowest BCUT2D eigenvalue weighted by Crippen LogP contribution is -2.33. The molecule has 1 aliphatic carbocycles. The Balaban J connectivity index is 1.50. The number of fused-ring (bicyclic) bond motifs is 1. The first-order valence-corrected chi connectivity index (χ1v) is 10.2. The van der Waals surface area contributed by atoms with Crippen LogP contribution >= 0.6 is 23.1 Å². The third-order valence-corrected chi connectivity index (χ3v) is 6.30. The summed E-state index contributed by atoms with van der Waals surface area (Å²) in [7, 11) is 0. The van der Waals surface area contributed by atoms with Crippen molar-refractivity contribution in [2.45, 2.75) is 36.1 Å². The number of carbonyl (C=O) groups is 1. The Morgan fingerprint density at radius 3 is 2.77 bits per heavy atom. The van der Waals surface area contributed by atoms with E-state index in [1.54, 1.807) is 0 Å². The van der Waals surface area contributed by atoms with E-state index in [1.807, 2.05) is 30.3 Å². The Hall–Kier alpha value is -2.26. The van der Waals surface area contributed by atoms with E-state index in [9.17, 15) is 9.59 Å². The first-order chi connectivity index (χ1) is 12.7. The third-order valence-electron chi connectivity index (χ3n) is 4.27. The summed E-state index contributed by atoms with van der Waals surface area (Å²) in [5.74, 6) is 0.286. The van der Waals surface area contributed by atoms with Gasteiger partial charge in [-0.25, -0.2) is 0 Å². The van der Waals surface area contributed by atoms with E-state index in [1.165, 1.54) is 40.5 Å². The molecule has 4 rings (SSSR count). The van der Waals surface area contributed by atoms with Gasteiger partial charge in [0, 0.05) is 11.6 Å². The van der Waals surface area contributed by atoms with E-state index in [0.29, 0.717) is 20.9 Å². The van der Waals surface area contributed by atoms with E-state index >= 15 is 0 Å². The molecule has 0 atom stereocenters. The molecule has 1 amide bonds. The van der Waals surface area contributed by atoms with E-state index in [2.05, 4.69) is 20.6 Å². The molecular weight excluding hydrogens is 370 g/mol. The second-order valence-corrected chi connectivity index (χ2v) is 8.30. The summed E-state index contributed by atoms with van der Waals surface area (Å²) >= 11 is 2.58. The van der Waals surface area contributed by atoms with Crippen molar-refractivity contribution >= 4 is 34.0 Å². The van der Waals surface area contributed by atoms with Crippen molar-refractivity contribution in [3.8, 4) is 11.3 Å². The van der Waals surface area contributed by atoms with Crippen molar-refractivity contribution in [1.82, 2.24) is 25.1 Å². The highest BCUT2D eigenvalue weighted by atomic mass is 32.2. The van der Waals surface area contributed by atoms with Gasteiger partial charge in [-0.2, -0.15) is 4.52 Å². The Labute approximate surface area is 157 Å². The number of hydrogen-bond donors (Lipinski definition) is 1. The van der Waals surface area contributed by atoms with Crippen molar-refractivity contribution in [2.24, 2.45) is 0 Å². The molecule has 134 valence electrons. The van der Waals surface area contributed by atoms with Crippen LogP contribution in [0.15, 0.2) is 39.5 Å². The number of thioether (sulfide) groups is 1. The molecule has 1 fully saturated rings. The Morgan fingerprint density at radius 2 is 2.00 bits per heavy atom. The van der Waals surface area contributed by atoms with E-state index in [-0.39, 0.29) is 22.9 Å². The molecule has 9 heteroatoms. The predicted octanol–water partition coefficient (Wildman–Crippen LogP) is 2.36. The maximum absolute atomic E-state index is 12.6. The second-order valence-electron chi connectivity index (χ2n) is 6.12. The average Bonchev–Trinajstić information content (AvgIpc) is 3.31. The van der Waals surface area contributed by atoms with Gasteiger partial charge in [-0.05, 0) is 12.8 Å². The number of hydrogen-bond acceptors (Lipinski definition) is 7. The van der Waals surface area contributed by atoms with Crippen LogP contribution in [0.5, 0.6) is 0 Å². The summed E-state index contributed by atoms with van der Waals surface area (Å²) in [6, 6.07) is 9.50. The Morgan fingerprint density at radius 1 is 1.23 bits per heavy atom. The highest BCUT2D eigenvalue weighted by molar-refractivity contribution is 8.01. The van der Waals surface area contributed by atoms with Gasteiger partial charge in [0.2, 0.25) is 10.9 Å². The van der Waals surface area contributed by atoms with E-state index < -0.39 is 0 Å². The van der Waals surface area contributed by atoms with Gasteiger partial charge in [0.25, 0.3) is 0 Å². The third kappa shape index (κ3) is 3.63. The number of nitrogens with one attached hydrogen (secondary N) is 1. The number of carbonyl (C=O) groups excluding carboxylic acids is 1. The van der Waals surface area contributed by atoms with Gasteiger partial charge in [-0.3, -0.25) is 9.59 Å². The van der Waals surface area contributed by atoms with Gasteiger partial charge in [-0.1, -0.05) is 66.3 Å². The molecule has 3 aromatic rings. The van der Waals surface area contributed by atoms with Crippen LogP contribution in [-0.4, -0.2) is 37.5 Å². The number of benzene rings is 1. The van der Waals surface area contributed by atoms with Crippen LogP contribution in [0.2, 0.25) is 0 Å². The van der Waals surface area contributed by atoms with Crippen molar-refractivity contribution < 1.29 is 4.79 Å². The zero-order valence-electron chi connectivity index (χ0n) is 13.9. The molecule has 2 aromatic heterocycles. The summed E-state index contributed by atoms with van der Waals surface area (Å²) in [4.78, 5) is 25.1. The first kappa shape index (κ1) is 17.2. The van der Waals surface area contributed by atoms with Gasteiger partial charge in [0.15, 0.2) is 10.0 Å². The lowest BCUT2D eigenvalue weighted by atomic mass is 10.2. The number of rotatable bonds is 5. The predicted molar refractivity (Wildman–Crippen MR) is 101 cm³/mol. The maximum atomic E-state index is 12.6.